The third-order valence-electron chi connectivity index (χ3n) is 3.93. The van der Waals surface area contributed by atoms with Crippen LogP contribution < -0.4 is 4.90 Å². The number of aromatic nitrogens is 3. The molecule has 0 aromatic carbocycles. The van der Waals surface area contributed by atoms with Crippen LogP contribution in [0.3, 0.4) is 0 Å². The maximum Gasteiger partial charge on any atom is 0.343 e. The summed E-state index contributed by atoms with van der Waals surface area (Å²) in [5.41, 5.74) is 0.934. The lowest BCUT2D eigenvalue weighted by Crippen LogP contribution is -2.57. The summed E-state index contributed by atoms with van der Waals surface area (Å²) in [7, 11) is 0. The molecule has 5 rings (SSSR count). The van der Waals surface area contributed by atoms with Crippen LogP contribution in [0.25, 0.3) is 5.65 Å². The normalized spacial score (nSPS) is 24.0. The van der Waals surface area contributed by atoms with Gasteiger partial charge in [-0.15, -0.1) is 0 Å². The summed E-state index contributed by atoms with van der Waals surface area (Å²) in [5.74, 6) is 0.466. The highest BCUT2D eigenvalue weighted by atomic mass is 16.5. The van der Waals surface area contributed by atoms with Crippen molar-refractivity contribution < 1.29 is 14.3 Å². The molecule has 0 amide bonds. The number of carbonyl (C=O) groups excluding carboxylic acids is 1. The number of rotatable bonds is 3. The summed E-state index contributed by atoms with van der Waals surface area (Å²) in [5, 5.41) is 4.14. The van der Waals surface area contributed by atoms with Crippen molar-refractivity contribution in [3.05, 3.63) is 24.0 Å². The molecule has 1 unspecified atom stereocenters. The highest BCUT2D eigenvalue weighted by molar-refractivity contribution is 5.95. The van der Waals surface area contributed by atoms with E-state index in [1.807, 2.05) is 12.3 Å². The van der Waals surface area contributed by atoms with Crippen LogP contribution in [0.1, 0.15) is 23.7 Å². The van der Waals surface area contributed by atoms with Gasteiger partial charge in [-0.05, 0) is 13.0 Å². The zero-order chi connectivity index (χ0) is 14.4. The van der Waals surface area contributed by atoms with Crippen molar-refractivity contribution in [2.24, 2.45) is 0 Å². The minimum Gasteiger partial charge on any atom is -0.462 e. The number of esters is 1. The molecular formula is C14H16N4O3. The molecular weight excluding hydrogens is 272 g/mol. The largest absolute Gasteiger partial charge is 0.462 e. The predicted octanol–water partition coefficient (Wildman–Crippen LogP) is 0.883. The lowest BCUT2D eigenvalue weighted by molar-refractivity contribution is -0.133. The third kappa shape index (κ3) is 2.04. The lowest BCUT2D eigenvalue weighted by atomic mass is 9.99. The Kier molecular flexibility index (Phi) is 2.81. The van der Waals surface area contributed by atoms with Crippen LogP contribution >= 0.6 is 0 Å². The van der Waals surface area contributed by atoms with Crippen molar-refractivity contribution in [2.45, 2.75) is 25.6 Å². The molecule has 0 radical (unpaired) electrons. The number of fused-ring (bicyclic) bond motifs is 3. The number of anilines is 1. The molecule has 0 aliphatic carbocycles. The van der Waals surface area contributed by atoms with Gasteiger partial charge in [0.2, 0.25) is 0 Å². The van der Waals surface area contributed by atoms with E-state index in [-0.39, 0.29) is 5.97 Å². The van der Waals surface area contributed by atoms with Gasteiger partial charge in [-0.1, -0.05) is 0 Å². The molecule has 3 saturated heterocycles. The van der Waals surface area contributed by atoms with E-state index in [2.05, 4.69) is 15.0 Å². The number of ether oxygens (including phenoxy) is 2. The first-order valence-electron chi connectivity index (χ1n) is 7.16. The second kappa shape index (κ2) is 4.70. The first kappa shape index (κ1) is 12.6. The molecule has 21 heavy (non-hydrogen) atoms. The molecule has 3 aliphatic heterocycles. The maximum atomic E-state index is 11.9. The fraction of sp³-hybridized carbons (Fsp3) is 0.500. The smallest absolute Gasteiger partial charge is 0.343 e. The van der Waals surface area contributed by atoms with E-state index in [1.165, 1.54) is 6.20 Å². The summed E-state index contributed by atoms with van der Waals surface area (Å²) in [4.78, 5) is 18.7. The topological polar surface area (TPSA) is 69.0 Å². The van der Waals surface area contributed by atoms with Crippen LogP contribution in [0.2, 0.25) is 0 Å². The van der Waals surface area contributed by atoms with E-state index < -0.39 is 0 Å². The standard InChI is InChI=1S/C14H16N4O3/c1-2-20-14(19)11-6-15-18-4-3-12(16-13(11)18)17-7-9-5-10(8-17)21-9/h3-4,6,9-10H,2,5,7-8H2,1H3/t9-,10?/m1/s1. The van der Waals surface area contributed by atoms with Gasteiger partial charge in [0.25, 0.3) is 0 Å². The number of nitrogens with zero attached hydrogens (tertiary/aromatic N) is 4. The molecule has 0 N–H and O–H groups in total. The van der Waals surface area contributed by atoms with E-state index in [0.717, 1.165) is 25.3 Å². The lowest BCUT2D eigenvalue weighted by Gasteiger charge is -2.47. The molecule has 3 aliphatic rings. The summed E-state index contributed by atoms with van der Waals surface area (Å²) in [6.07, 6.45) is 5.09. The fourth-order valence-electron chi connectivity index (χ4n) is 2.93. The highest BCUT2D eigenvalue weighted by Gasteiger charge is 2.38. The summed E-state index contributed by atoms with van der Waals surface area (Å²) in [6, 6.07) is 1.92. The van der Waals surface area contributed by atoms with Crippen molar-refractivity contribution in [3.8, 4) is 0 Å². The van der Waals surface area contributed by atoms with Crippen molar-refractivity contribution >= 4 is 17.4 Å². The number of morpholine rings is 1. The van der Waals surface area contributed by atoms with Crippen molar-refractivity contribution in [3.63, 3.8) is 0 Å². The first-order valence-corrected chi connectivity index (χ1v) is 7.16. The van der Waals surface area contributed by atoms with Gasteiger partial charge in [0, 0.05) is 25.7 Å². The van der Waals surface area contributed by atoms with Crippen LogP contribution in [-0.4, -0.2) is 52.5 Å². The summed E-state index contributed by atoms with van der Waals surface area (Å²) >= 11 is 0. The molecule has 7 heteroatoms. The number of piperidine rings is 1. The molecule has 2 bridgehead atoms. The SMILES string of the molecule is CCOC(=O)c1cnn2ccc(N3CC4C[C@H](C3)O4)nc12. The Bertz CT molecular complexity index is 683. The molecule has 0 spiro atoms. The Labute approximate surface area is 121 Å². The zero-order valence-electron chi connectivity index (χ0n) is 11.7. The molecule has 2 aromatic rings. The van der Waals surface area contributed by atoms with Gasteiger partial charge in [0.05, 0.1) is 25.0 Å². The van der Waals surface area contributed by atoms with Crippen molar-refractivity contribution in [2.75, 3.05) is 24.6 Å². The van der Waals surface area contributed by atoms with Gasteiger partial charge in [0.1, 0.15) is 11.4 Å². The quantitative estimate of drug-likeness (QED) is 0.781. The number of carbonyl (C=O) groups is 1. The minimum absolute atomic E-state index is 0.316. The maximum absolute atomic E-state index is 11.9. The average Bonchev–Trinajstić information content (AvgIpc) is 2.90. The summed E-state index contributed by atoms with van der Waals surface area (Å²) in [6.45, 7) is 3.82. The van der Waals surface area contributed by atoms with Gasteiger partial charge < -0.3 is 14.4 Å². The molecule has 110 valence electrons. The van der Waals surface area contributed by atoms with E-state index in [0.29, 0.717) is 30.0 Å². The van der Waals surface area contributed by atoms with E-state index >= 15 is 0 Å². The fourth-order valence-corrected chi connectivity index (χ4v) is 2.93. The zero-order valence-corrected chi connectivity index (χ0v) is 11.7. The highest BCUT2D eigenvalue weighted by Crippen LogP contribution is 2.30. The second-order valence-electron chi connectivity index (χ2n) is 5.35. The monoisotopic (exact) mass is 288 g/mol. The second-order valence-corrected chi connectivity index (χ2v) is 5.35. The van der Waals surface area contributed by atoms with Crippen LogP contribution in [0.15, 0.2) is 18.5 Å². The molecule has 5 heterocycles. The predicted molar refractivity (Wildman–Crippen MR) is 74.4 cm³/mol. The van der Waals surface area contributed by atoms with E-state index in [9.17, 15) is 4.79 Å². The molecule has 2 atom stereocenters. The first-order chi connectivity index (χ1) is 10.2. The third-order valence-corrected chi connectivity index (χ3v) is 3.93. The number of hydrogen-bond acceptors (Lipinski definition) is 6. The molecule has 3 fully saturated rings. The van der Waals surface area contributed by atoms with Gasteiger partial charge in [-0.3, -0.25) is 0 Å². The Morgan fingerprint density at radius 2 is 2.24 bits per heavy atom. The molecule has 0 saturated carbocycles. The van der Waals surface area contributed by atoms with Gasteiger partial charge in [0.15, 0.2) is 5.65 Å². The Hall–Kier alpha value is -2.15. The van der Waals surface area contributed by atoms with Crippen LogP contribution in [-0.2, 0) is 9.47 Å². The van der Waals surface area contributed by atoms with Crippen molar-refractivity contribution in [1.82, 2.24) is 14.6 Å². The minimum atomic E-state index is -0.387. The number of hydrogen-bond donors (Lipinski definition) is 0. The van der Waals surface area contributed by atoms with Crippen LogP contribution in [0.5, 0.6) is 0 Å². The van der Waals surface area contributed by atoms with Crippen LogP contribution in [0.4, 0.5) is 5.82 Å². The van der Waals surface area contributed by atoms with Gasteiger partial charge >= 0.3 is 5.97 Å². The van der Waals surface area contributed by atoms with Gasteiger partial charge in [-0.2, -0.15) is 5.10 Å². The van der Waals surface area contributed by atoms with E-state index in [4.69, 9.17) is 9.47 Å². The van der Waals surface area contributed by atoms with Crippen molar-refractivity contribution in [1.29, 1.82) is 0 Å². The van der Waals surface area contributed by atoms with E-state index in [1.54, 1.807) is 11.4 Å². The Morgan fingerprint density at radius 3 is 2.95 bits per heavy atom. The summed E-state index contributed by atoms with van der Waals surface area (Å²) < 4.78 is 12.3. The Balaban J connectivity index is 1.68. The average molecular weight is 288 g/mol. The van der Waals surface area contributed by atoms with Gasteiger partial charge in [-0.25, -0.2) is 14.3 Å². The molecule has 2 aromatic heterocycles. The Morgan fingerprint density at radius 1 is 1.48 bits per heavy atom. The van der Waals surface area contributed by atoms with Crippen LogP contribution in [0, 0.1) is 0 Å². The molecule has 7 nitrogen and oxygen atoms in total.